The molecule has 11 nitrogen and oxygen atoms in total. The summed E-state index contributed by atoms with van der Waals surface area (Å²) < 4.78 is 37.8. The molecule has 2 heterocycles. The van der Waals surface area contributed by atoms with Gasteiger partial charge >= 0.3 is 0 Å². The largest absolute Gasteiger partial charge is 0.494 e. The first-order valence-electron chi connectivity index (χ1n) is 13.6. The molecule has 0 aliphatic carbocycles. The van der Waals surface area contributed by atoms with Gasteiger partial charge in [0.15, 0.2) is 5.75 Å². The highest BCUT2D eigenvalue weighted by atomic mass is 32.2. The second-order valence-electron chi connectivity index (χ2n) is 11.2. The molecule has 3 N–H and O–H groups in total. The number of carbonyl (C=O) groups excluding carboxylic acids is 2. The quantitative estimate of drug-likeness (QED) is 0.210. The number of sulfonamides is 1. The van der Waals surface area contributed by atoms with Crippen LogP contribution >= 0.6 is 0 Å². The number of pyridine rings is 2. The molecule has 0 saturated carbocycles. The van der Waals surface area contributed by atoms with Crippen molar-refractivity contribution in [2.75, 3.05) is 28.7 Å². The molecule has 0 aliphatic heterocycles. The van der Waals surface area contributed by atoms with Crippen LogP contribution in [0.1, 0.15) is 58.3 Å². The molecule has 0 radical (unpaired) electrons. The van der Waals surface area contributed by atoms with E-state index in [-0.39, 0.29) is 28.3 Å². The highest BCUT2D eigenvalue weighted by Crippen LogP contribution is 2.36. The third kappa shape index (κ3) is 8.32. The Morgan fingerprint density at radius 3 is 2.14 bits per heavy atom. The van der Waals surface area contributed by atoms with Crippen molar-refractivity contribution in [2.24, 2.45) is 0 Å². The van der Waals surface area contributed by atoms with Gasteiger partial charge in [-0.3, -0.25) is 24.3 Å². The molecular weight excluding hydrogens is 582 g/mol. The summed E-state index contributed by atoms with van der Waals surface area (Å²) in [6.45, 7) is 7.91. The summed E-state index contributed by atoms with van der Waals surface area (Å²) in [5.74, 6) is -0.275. The zero-order valence-electron chi connectivity index (χ0n) is 25.4. The van der Waals surface area contributed by atoms with Crippen LogP contribution in [0.25, 0.3) is 0 Å². The first kappa shape index (κ1) is 32.0. The van der Waals surface area contributed by atoms with Gasteiger partial charge in [0.1, 0.15) is 12.4 Å². The Morgan fingerprint density at radius 2 is 1.52 bits per heavy atom. The van der Waals surface area contributed by atoms with Gasteiger partial charge in [-0.1, -0.05) is 20.8 Å². The van der Waals surface area contributed by atoms with Crippen LogP contribution in [0.2, 0.25) is 0 Å². The maximum Gasteiger partial charge on any atom is 0.259 e. The standard InChI is InChI=1S/C32H35N5O6S/c1-20-26(30(38)35-23-7-9-25(10-8-23)43-19-21-11-13-33-14-12-21)17-24(18-34-20)36-31(39)27-15-22(32(2,3)4)16-28(29(27)42-5)37-44(6,40)41/h7-18,37H,19H2,1-6H3,(H,35,38)(H,36,39). The molecule has 230 valence electrons. The molecule has 44 heavy (non-hydrogen) atoms. The molecule has 0 spiro atoms. The lowest BCUT2D eigenvalue weighted by Crippen LogP contribution is -2.20. The number of hydrogen-bond acceptors (Lipinski definition) is 8. The Bertz CT molecular complexity index is 1770. The number of aryl methyl sites for hydroxylation is 1. The van der Waals surface area contributed by atoms with E-state index in [1.165, 1.54) is 19.4 Å². The van der Waals surface area contributed by atoms with Crippen LogP contribution < -0.4 is 24.8 Å². The Morgan fingerprint density at radius 1 is 0.886 bits per heavy atom. The molecule has 0 atom stereocenters. The summed E-state index contributed by atoms with van der Waals surface area (Å²) in [6.07, 6.45) is 5.86. The Balaban J connectivity index is 1.52. The minimum atomic E-state index is -3.66. The molecule has 2 amide bonds. The monoisotopic (exact) mass is 617 g/mol. The number of amides is 2. The van der Waals surface area contributed by atoms with E-state index >= 15 is 0 Å². The number of methoxy groups -OCH3 is 1. The van der Waals surface area contributed by atoms with E-state index in [9.17, 15) is 18.0 Å². The Hall–Kier alpha value is -4.97. The Labute approximate surface area is 257 Å². The fourth-order valence-electron chi connectivity index (χ4n) is 4.23. The number of anilines is 3. The number of nitrogens with one attached hydrogen (secondary N) is 3. The molecule has 2 aromatic heterocycles. The lowest BCUT2D eigenvalue weighted by Gasteiger charge is -2.23. The fraction of sp³-hybridized carbons (Fsp3) is 0.250. The van der Waals surface area contributed by atoms with E-state index in [2.05, 4.69) is 25.3 Å². The van der Waals surface area contributed by atoms with Gasteiger partial charge in [0.05, 0.1) is 47.8 Å². The van der Waals surface area contributed by atoms with Crippen molar-refractivity contribution in [1.82, 2.24) is 9.97 Å². The highest BCUT2D eigenvalue weighted by molar-refractivity contribution is 7.92. The first-order chi connectivity index (χ1) is 20.7. The van der Waals surface area contributed by atoms with Crippen molar-refractivity contribution in [3.63, 3.8) is 0 Å². The van der Waals surface area contributed by atoms with Gasteiger partial charge < -0.3 is 20.1 Å². The van der Waals surface area contributed by atoms with Crippen LogP contribution in [-0.4, -0.2) is 43.6 Å². The molecule has 0 fully saturated rings. The predicted octanol–water partition coefficient (Wildman–Crippen LogP) is 5.55. The normalized spacial score (nSPS) is 11.4. The van der Waals surface area contributed by atoms with Gasteiger partial charge in [0.2, 0.25) is 10.0 Å². The second-order valence-corrected chi connectivity index (χ2v) is 12.9. The number of hydrogen-bond donors (Lipinski definition) is 3. The van der Waals surface area contributed by atoms with Crippen molar-refractivity contribution in [3.05, 3.63) is 101 Å². The van der Waals surface area contributed by atoms with Crippen molar-refractivity contribution >= 4 is 38.9 Å². The minimum Gasteiger partial charge on any atom is -0.494 e. The smallest absolute Gasteiger partial charge is 0.259 e. The molecule has 0 aliphatic rings. The van der Waals surface area contributed by atoms with Gasteiger partial charge in [-0.2, -0.15) is 0 Å². The van der Waals surface area contributed by atoms with Crippen molar-refractivity contribution in [1.29, 1.82) is 0 Å². The van der Waals surface area contributed by atoms with E-state index in [1.54, 1.807) is 55.7 Å². The third-order valence-corrected chi connectivity index (χ3v) is 7.15. The number of rotatable bonds is 10. The summed E-state index contributed by atoms with van der Waals surface area (Å²) in [7, 11) is -2.31. The molecule has 0 bridgehead atoms. The number of ether oxygens (including phenoxy) is 2. The van der Waals surface area contributed by atoms with Crippen LogP contribution in [0.15, 0.2) is 73.2 Å². The average Bonchev–Trinajstić information content (AvgIpc) is 2.96. The molecule has 4 aromatic rings. The Kier molecular flexibility index (Phi) is 9.53. The summed E-state index contributed by atoms with van der Waals surface area (Å²) in [5.41, 5.74) is 3.09. The fourth-order valence-corrected chi connectivity index (χ4v) is 4.79. The average molecular weight is 618 g/mol. The van der Waals surface area contributed by atoms with Crippen LogP contribution in [0.4, 0.5) is 17.1 Å². The first-order valence-corrected chi connectivity index (χ1v) is 15.5. The summed E-state index contributed by atoms with van der Waals surface area (Å²) in [6, 6.07) is 15.5. The zero-order valence-corrected chi connectivity index (χ0v) is 26.2. The van der Waals surface area contributed by atoms with E-state index in [0.717, 1.165) is 11.8 Å². The third-order valence-electron chi connectivity index (χ3n) is 6.56. The maximum absolute atomic E-state index is 13.5. The molecular formula is C32H35N5O6S. The zero-order chi connectivity index (χ0) is 32.1. The van der Waals surface area contributed by atoms with Crippen molar-refractivity contribution < 1.29 is 27.5 Å². The molecule has 12 heteroatoms. The van der Waals surface area contributed by atoms with Gasteiger partial charge in [0.25, 0.3) is 11.8 Å². The van der Waals surface area contributed by atoms with Gasteiger partial charge in [-0.25, -0.2) is 8.42 Å². The second kappa shape index (κ2) is 13.1. The number of benzene rings is 2. The summed E-state index contributed by atoms with van der Waals surface area (Å²) in [4.78, 5) is 35.0. The van der Waals surface area contributed by atoms with Gasteiger partial charge in [0, 0.05) is 18.1 Å². The van der Waals surface area contributed by atoms with E-state index in [4.69, 9.17) is 9.47 Å². The topological polar surface area (TPSA) is 149 Å². The van der Waals surface area contributed by atoms with E-state index in [1.807, 2.05) is 32.9 Å². The summed E-state index contributed by atoms with van der Waals surface area (Å²) >= 11 is 0. The van der Waals surface area contributed by atoms with Crippen molar-refractivity contribution in [2.45, 2.75) is 39.7 Å². The lowest BCUT2D eigenvalue weighted by molar-refractivity contribution is 0.101. The van der Waals surface area contributed by atoms with Crippen LogP contribution in [0, 0.1) is 6.92 Å². The SMILES string of the molecule is COc1c(NS(C)(=O)=O)cc(C(C)(C)C)cc1C(=O)Nc1cnc(C)c(C(=O)Nc2ccc(OCc3ccncc3)cc2)c1. The molecule has 0 unspecified atom stereocenters. The molecule has 0 saturated heterocycles. The maximum atomic E-state index is 13.5. The minimum absolute atomic E-state index is 0.0622. The van der Waals surface area contributed by atoms with Crippen molar-refractivity contribution in [3.8, 4) is 11.5 Å². The van der Waals surface area contributed by atoms with Crippen LogP contribution in [0.3, 0.4) is 0 Å². The number of carbonyl (C=O) groups is 2. The lowest BCUT2D eigenvalue weighted by atomic mass is 9.85. The number of nitrogens with zero attached hydrogens (tertiary/aromatic N) is 2. The predicted molar refractivity (Wildman–Crippen MR) is 170 cm³/mol. The number of aromatic nitrogens is 2. The van der Waals surface area contributed by atoms with Crippen LogP contribution in [-0.2, 0) is 22.0 Å². The van der Waals surface area contributed by atoms with Gasteiger partial charge in [-0.05, 0) is 78.1 Å². The van der Waals surface area contributed by atoms with Crippen LogP contribution in [0.5, 0.6) is 11.5 Å². The highest BCUT2D eigenvalue weighted by Gasteiger charge is 2.25. The van der Waals surface area contributed by atoms with E-state index < -0.39 is 27.3 Å². The van der Waals surface area contributed by atoms with E-state index in [0.29, 0.717) is 29.3 Å². The molecule has 4 rings (SSSR count). The molecule has 2 aromatic carbocycles. The van der Waals surface area contributed by atoms with Gasteiger partial charge in [-0.15, -0.1) is 0 Å². The summed E-state index contributed by atoms with van der Waals surface area (Å²) in [5, 5.41) is 5.61.